The quantitative estimate of drug-likeness (QED) is 0.856. The molecule has 106 valence electrons. The fourth-order valence-electron chi connectivity index (χ4n) is 2.17. The van der Waals surface area contributed by atoms with Crippen molar-refractivity contribution in [2.45, 2.75) is 12.1 Å². The molecule has 1 aromatic carbocycles. The molecule has 1 N–H and O–H groups in total. The zero-order chi connectivity index (χ0) is 14.6. The molecule has 0 heterocycles. The first-order valence-corrected chi connectivity index (χ1v) is 6.56. The molecule has 4 heteroatoms. The molecule has 1 atom stereocenters. The van der Waals surface area contributed by atoms with E-state index in [0.717, 1.165) is 5.69 Å². The molecule has 0 fully saturated rings. The Bertz CT molecular complexity index is 535. The first kappa shape index (κ1) is 14.5. The molecule has 2 rings (SSSR count). The number of methoxy groups -OCH3 is 1. The molecule has 0 aromatic heterocycles. The molecule has 0 bridgehead atoms. The van der Waals surface area contributed by atoms with E-state index in [4.69, 9.17) is 4.74 Å². The van der Waals surface area contributed by atoms with Crippen LogP contribution >= 0.6 is 0 Å². The summed E-state index contributed by atoms with van der Waals surface area (Å²) in [5.41, 5.74) is 0.989. The van der Waals surface area contributed by atoms with E-state index in [1.165, 1.54) is 0 Å². The second kappa shape index (κ2) is 6.03. The van der Waals surface area contributed by atoms with Crippen LogP contribution in [-0.2, 0) is 9.53 Å². The molecular formula is C16H20N2O2. The summed E-state index contributed by atoms with van der Waals surface area (Å²) in [6.45, 7) is 0. The van der Waals surface area contributed by atoms with Crippen LogP contribution in [0.3, 0.4) is 0 Å². The topological polar surface area (TPSA) is 41.6 Å². The molecule has 1 amide bonds. The van der Waals surface area contributed by atoms with Crippen LogP contribution in [0.5, 0.6) is 0 Å². The van der Waals surface area contributed by atoms with Gasteiger partial charge < -0.3 is 10.1 Å². The third-order valence-electron chi connectivity index (χ3n) is 3.54. The third-order valence-corrected chi connectivity index (χ3v) is 3.54. The Morgan fingerprint density at radius 3 is 2.50 bits per heavy atom. The summed E-state index contributed by atoms with van der Waals surface area (Å²) in [5, 5.41) is 2.87. The van der Waals surface area contributed by atoms with Crippen LogP contribution in [0.25, 0.3) is 0 Å². The Labute approximate surface area is 119 Å². The number of anilines is 1. The fourth-order valence-corrected chi connectivity index (χ4v) is 2.17. The van der Waals surface area contributed by atoms with E-state index in [-0.39, 0.29) is 5.91 Å². The molecule has 20 heavy (non-hydrogen) atoms. The molecule has 0 spiro atoms. The normalized spacial score (nSPS) is 21.7. The van der Waals surface area contributed by atoms with Gasteiger partial charge in [0.25, 0.3) is 5.91 Å². The lowest BCUT2D eigenvalue weighted by molar-refractivity contribution is -0.112. The first-order valence-electron chi connectivity index (χ1n) is 6.56. The van der Waals surface area contributed by atoms with Crippen LogP contribution in [0, 0.1) is 0 Å². The van der Waals surface area contributed by atoms with Crippen LogP contribution in [0.1, 0.15) is 6.42 Å². The summed E-state index contributed by atoms with van der Waals surface area (Å²) in [4.78, 5) is 14.1. The van der Waals surface area contributed by atoms with Crippen molar-refractivity contribution < 1.29 is 9.53 Å². The van der Waals surface area contributed by atoms with Crippen molar-refractivity contribution in [3.63, 3.8) is 0 Å². The SMILES string of the molecule is COC1(N(C)C)C=CC(C(=O)Nc2ccccc2)=CC1. The zero-order valence-corrected chi connectivity index (χ0v) is 12.1. The van der Waals surface area contributed by atoms with Gasteiger partial charge in [-0.15, -0.1) is 0 Å². The number of ether oxygens (including phenoxy) is 1. The average molecular weight is 272 g/mol. The lowest BCUT2D eigenvalue weighted by atomic mass is 9.98. The van der Waals surface area contributed by atoms with Gasteiger partial charge in [0, 0.05) is 24.8 Å². The maximum atomic E-state index is 12.2. The van der Waals surface area contributed by atoms with Gasteiger partial charge in [0.1, 0.15) is 5.72 Å². The minimum atomic E-state index is -0.462. The van der Waals surface area contributed by atoms with Crippen molar-refractivity contribution in [3.8, 4) is 0 Å². The van der Waals surface area contributed by atoms with Gasteiger partial charge in [-0.25, -0.2) is 0 Å². The number of carbonyl (C=O) groups excluding carboxylic acids is 1. The van der Waals surface area contributed by atoms with E-state index in [1.807, 2.05) is 67.6 Å². The highest BCUT2D eigenvalue weighted by molar-refractivity contribution is 6.05. The van der Waals surface area contributed by atoms with Gasteiger partial charge in [-0.1, -0.05) is 24.3 Å². The highest BCUT2D eigenvalue weighted by Gasteiger charge is 2.31. The molecule has 0 aliphatic heterocycles. The molecule has 1 aromatic rings. The predicted octanol–water partition coefficient (Wildman–Crippen LogP) is 2.42. The Balaban J connectivity index is 2.06. The van der Waals surface area contributed by atoms with Gasteiger partial charge in [-0.3, -0.25) is 9.69 Å². The molecule has 4 nitrogen and oxygen atoms in total. The van der Waals surface area contributed by atoms with Crippen LogP contribution < -0.4 is 5.32 Å². The number of hydrogen-bond donors (Lipinski definition) is 1. The Hall–Kier alpha value is -1.91. The molecule has 1 aliphatic carbocycles. The van der Waals surface area contributed by atoms with E-state index in [9.17, 15) is 4.79 Å². The van der Waals surface area contributed by atoms with E-state index in [0.29, 0.717) is 12.0 Å². The summed E-state index contributed by atoms with van der Waals surface area (Å²) in [6.07, 6.45) is 6.28. The fraction of sp³-hybridized carbons (Fsp3) is 0.312. The van der Waals surface area contributed by atoms with E-state index in [1.54, 1.807) is 7.11 Å². The number of rotatable bonds is 4. The van der Waals surface area contributed by atoms with Crippen molar-refractivity contribution >= 4 is 11.6 Å². The predicted molar refractivity (Wildman–Crippen MR) is 80.3 cm³/mol. The van der Waals surface area contributed by atoms with Crippen molar-refractivity contribution in [1.82, 2.24) is 4.90 Å². The average Bonchev–Trinajstić information content (AvgIpc) is 2.48. The smallest absolute Gasteiger partial charge is 0.255 e. The Morgan fingerprint density at radius 1 is 1.30 bits per heavy atom. The minimum Gasteiger partial charge on any atom is -0.360 e. The summed E-state index contributed by atoms with van der Waals surface area (Å²) in [5.74, 6) is -0.101. The number of nitrogens with one attached hydrogen (secondary N) is 1. The second-order valence-electron chi connectivity index (χ2n) is 4.96. The largest absolute Gasteiger partial charge is 0.360 e. The van der Waals surface area contributed by atoms with Crippen LogP contribution in [0.2, 0.25) is 0 Å². The highest BCUT2D eigenvalue weighted by atomic mass is 16.5. The summed E-state index contributed by atoms with van der Waals surface area (Å²) in [6, 6.07) is 9.43. The van der Waals surface area contributed by atoms with Gasteiger partial charge in [0.05, 0.1) is 0 Å². The van der Waals surface area contributed by atoms with Gasteiger partial charge in [0.15, 0.2) is 0 Å². The molecule has 0 saturated carbocycles. The molecule has 1 aliphatic rings. The van der Waals surface area contributed by atoms with Crippen LogP contribution in [-0.4, -0.2) is 37.7 Å². The first-order chi connectivity index (χ1) is 9.57. The second-order valence-corrected chi connectivity index (χ2v) is 4.96. The molecule has 0 saturated heterocycles. The minimum absolute atomic E-state index is 0.101. The van der Waals surface area contributed by atoms with Crippen molar-refractivity contribution in [2.24, 2.45) is 0 Å². The standard InChI is InChI=1S/C16H20N2O2/c1-18(2)16(20-3)11-9-13(10-12-16)15(19)17-14-7-5-4-6-8-14/h4-11H,12H2,1-3H3,(H,17,19). The van der Waals surface area contributed by atoms with E-state index in [2.05, 4.69) is 5.32 Å². The number of benzene rings is 1. The number of hydrogen-bond acceptors (Lipinski definition) is 3. The molecule has 1 unspecified atom stereocenters. The number of carbonyl (C=O) groups is 1. The monoisotopic (exact) mass is 272 g/mol. The van der Waals surface area contributed by atoms with Gasteiger partial charge >= 0.3 is 0 Å². The summed E-state index contributed by atoms with van der Waals surface area (Å²) in [7, 11) is 5.58. The summed E-state index contributed by atoms with van der Waals surface area (Å²) >= 11 is 0. The van der Waals surface area contributed by atoms with Crippen LogP contribution in [0.15, 0.2) is 54.1 Å². The number of amides is 1. The Morgan fingerprint density at radius 2 is 2.00 bits per heavy atom. The number of nitrogens with zero attached hydrogens (tertiary/aromatic N) is 1. The van der Waals surface area contributed by atoms with E-state index >= 15 is 0 Å². The van der Waals surface area contributed by atoms with E-state index < -0.39 is 5.72 Å². The summed E-state index contributed by atoms with van der Waals surface area (Å²) < 4.78 is 5.55. The van der Waals surface area contributed by atoms with Crippen molar-refractivity contribution in [3.05, 3.63) is 54.1 Å². The molecule has 0 radical (unpaired) electrons. The van der Waals surface area contributed by atoms with Crippen molar-refractivity contribution in [1.29, 1.82) is 0 Å². The molecular weight excluding hydrogens is 252 g/mol. The lowest BCUT2D eigenvalue weighted by Crippen LogP contribution is -2.45. The maximum Gasteiger partial charge on any atom is 0.255 e. The lowest BCUT2D eigenvalue weighted by Gasteiger charge is -2.36. The number of likely N-dealkylation sites (N-methyl/N-ethyl adjacent to an activating group) is 1. The van der Waals surface area contributed by atoms with Gasteiger partial charge in [-0.05, 0) is 38.4 Å². The van der Waals surface area contributed by atoms with Crippen LogP contribution in [0.4, 0.5) is 5.69 Å². The number of para-hydroxylation sites is 1. The van der Waals surface area contributed by atoms with Gasteiger partial charge in [-0.2, -0.15) is 0 Å². The van der Waals surface area contributed by atoms with Gasteiger partial charge in [0.2, 0.25) is 0 Å². The van der Waals surface area contributed by atoms with Crippen molar-refractivity contribution in [2.75, 3.05) is 26.5 Å². The highest BCUT2D eigenvalue weighted by Crippen LogP contribution is 2.26. The zero-order valence-electron chi connectivity index (χ0n) is 12.1. The maximum absolute atomic E-state index is 12.2. The Kier molecular flexibility index (Phi) is 4.37. The third kappa shape index (κ3) is 2.98.